The van der Waals surface area contributed by atoms with E-state index >= 15 is 0 Å². The van der Waals surface area contributed by atoms with E-state index in [0.29, 0.717) is 22.4 Å². The molecule has 0 aliphatic carbocycles. The molecule has 3 heterocycles. The fourth-order valence-electron chi connectivity index (χ4n) is 3.42. The molecule has 1 aromatic carbocycles. The molecule has 4 atom stereocenters. The van der Waals surface area contributed by atoms with E-state index in [1.807, 2.05) is 6.07 Å². The number of aliphatic hydroxyl groups is 3. The standard InChI is InChI=1S/C19H20N4O5/c1-19(27)14(25)13(9-24)28-18(19)23-8-7-12-15(20-10-21-16(12)23)22-17(26)11-5-3-2-4-6-11/h2-8,10,13-14,18,24-25,27H,9H2,1H3,(H,20,21,22,26)/t13-,14-,18-,19-/m1/s1. The number of aliphatic hydroxyl groups excluding tert-OH is 2. The predicted octanol–water partition coefficient (Wildman–Crippen LogP) is 0.685. The summed E-state index contributed by atoms with van der Waals surface area (Å²) in [4.78, 5) is 20.8. The second kappa shape index (κ2) is 6.95. The molecule has 0 spiro atoms. The van der Waals surface area contributed by atoms with Gasteiger partial charge in [-0.25, -0.2) is 9.97 Å². The maximum Gasteiger partial charge on any atom is 0.256 e. The van der Waals surface area contributed by atoms with Crippen molar-refractivity contribution in [1.29, 1.82) is 0 Å². The number of nitrogens with zero attached hydrogens (tertiary/aromatic N) is 3. The van der Waals surface area contributed by atoms with Crippen LogP contribution >= 0.6 is 0 Å². The molecule has 0 unspecified atom stereocenters. The van der Waals surface area contributed by atoms with Gasteiger partial charge in [0.15, 0.2) is 6.23 Å². The predicted molar refractivity (Wildman–Crippen MR) is 99.5 cm³/mol. The fourth-order valence-corrected chi connectivity index (χ4v) is 3.42. The number of anilines is 1. The lowest BCUT2D eigenvalue weighted by molar-refractivity contribution is -0.0948. The molecule has 3 aromatic rings. The van der Waals surface area contributed by atoms with E-state index in [-0.39, 0.29) is 5.91 Å². The SMILES string of the molecule is C[C@@]1(O)[C@H](O)[C@@H](CO)O[C@H]1n1ccc2c(NC(=O)c3ccccc3)ncnc21. The third kappa shape index (κ3) is 2.94. The molecule has 0 saturated carbocycles. The van der Waals surface area contributed by atoms with Crippen molar-refractivity contribution in [2.24, 2.45) is 0 Å². The van der Waals surface area contributed by atoms with Crippen LogP contribution in [0.25, 0.3) is 11.0 Å². The molecule has 1 amide bonds. The van der Waals surface area contributed by atoms with Crippen molar-refractivity contribution in [3.8, 4) is 0 Å². The second-order valence-electron chi connectivity index (χ2n) is 6.88. The van der Waals surface area contributed by atoms with Gasteiger partial charge in [0.1, 0.15) is 35.6 Å². The van der Waals surface area contributed by atoms with Crippen molar-refractivity contribution in [3.05, 3.63) is 54.5 Å². The highest BCUT2D eigenvalue weighted by molar-refractivity contribution is 6.07. The number of rotatable bonds is 4. The van der Waals surface area contributed by atoms with Gasteiger partial charge in [0.25, 0.3) is 5.91 Å². The minimum absolute atomic E-state index is 0.312. The Bertz CT molecular complexity index is 1000. The van der Waals surface area contributed by atoms with Crippen molar-refractivity contribution < 1.29 is 24.9 Å². The normalized spacial score (nSPS) is 27.2. The van der Waals surface area contributed by atoms with Gasteiger partial charge in [-0.05, 0) is 25.1 Å². The van der Waals surface area contributed by atoms with E-state index in [1.54, 1.807) is 41.1 Å². The van der Waals surface area contributed by atoms with Crippen LogP contribution in [0.15, 0.2) is 48.9 Å². The average molecular weight is 384 g/mol. The van der Waals surface area contributed by atoms with E-state index in [1.165, 1.54) is 13.3 Å². The number of benzene rings is 1. The Kier molecular flexibility index (Phi) is 4.60. The van der Waals surface area contributed by atoms with Crippen LogP contribution in [0.4, 0.5) is 5.82 Å². The van der Waals surface area contributed by atoms with E-state index in [4.69, 9.17) is 4.74 Å². The molecule has 1 saturated heterocycles. The number of amides is 1. The first-order valence-electron chi connectivity index (χ1n) is 8.78. The molecule has 1 fully saturated rings. The summed E-state index contributed by atoms with van der Waals surface area (Å²) in [5, 5.41) is 33.6. The Morgan fingerprint density at radius 1 is 1.29 bits per heavy atom. The van der Waals surface area contributed by atoms with Gasteiger partial charge in [-0.2, -0.15) is 0 Å². The summed E-state index contributed by atoms with van der Waals surface area (Å²) in [6.07, 6.45) is -0.230. The fraction of sp³-hybridized carbons (Fsp3) is 0.316. The van der Waals surface area contributed by atoms with Crippen LogP contribution in [-0.4, -0.2) is 60.2 Å². The molecular formula is C19H20N4O5. The third-order valence-electron chi connectivity index (χ3n) is 4.96. The number of carbonyl (C=O) groups excluding carboxylic acids is 1. The molecule has 0 bridgehead atoms. The number of hydrogen-bond acceptors (Lipinski definition) is 7. The van der Waals surface area contributed by atoms with Crippen LogP contribution in [0.1, 0.15) is 23.5 Å². The number of ether oxygens (including phenoxy) is 1. The largest absolute Gasteiger partial charge is 0.394 e. The first-order valence-corrected chi connectivity index (χ1v) is 8.78. The van der Waals surface area contributed by atoms with Gasteiger partial charge in [0, 0.05) is 11.8 Å². The Morgan fingerprint density at radius 2 is 2.04 bits per heavy atom. The number of carbonyl (C=O) groups is 1. The van der Waals surface area contributed by atoms with Crippen molar-refractivity contribution in [2.45, 2.75) is 31.0 Å². The molecule has 9 nitrogen and oxygen atoms in total. The van der Waals surface area contributed by atoms with Crippen molar-refractivity contribution in [3.63, 3.8) is 0 Å². The highest BCUT2D eigenvalue weighted by atomic mass is 16.6. The average Bonchev–Trinajstić information content (AvgIpc) is 3.22. The first kappa shape index (κ1) is 18.5. The summed E-state index contributed by atoms with van der Waals surface area (Å²) < 4.78 is 7.20. The zero-order valence-electron chi connectivity index (χ0n) is 15.1. The molecule has 4 N–H and O–H groups in total. The van der Waals surface area contributed by atoms with Gasteiger partial charge >= 0.3 is 0 Å². The molecule has 28 heavy (non-hydrogen) atoms. The van der Waals surface area contributed by atoms with E-state index in [9.17, 15) is 20.1 Å². The molecule has 9 heteroatoms. The second-order valence-corrected chi connectivity index (χ2v) is 6.88. The molecule has 1 aliphatic rings. The summed E-state index contributed by atoms with van der Waals surface area (Å²) in [7, 11) is 0. The van der Waals surface area contributed by atoms with Crippen LogP contribution in [-0.2, 0) is 4.74 Å². The van der Waals surface area contributed by atoms with Crippen molar-refractivity contribution in [1.82, 2.24) is 14.5 Å². The quantitative estimate of drug-likeness (QED) is 0.521. The number of hydrogen-bond donors (Lipinski definition) is 4. The van der Waals surface area contributed by atoms with Crippen LogP contribution < -0.4 is 5.32 Å². The summed E-state index contributed by atoms with van der Waals surface area (Å²) in [5.41, 5.74) is -0.739. The molecule has 2 aromatic heterocycles. The first-order chi connectivity index (χ1) is 13.4. The Morgan fingerprint density at radius 3 is 2.71 bits per heavy atom. The van der Waals surface area contributed by atoms with Gasteiger partial charge in [0.05, 0.1) is 12.0 Å². The van der Waals surface area contributed by atoms with Crippen LogP contribution in [0.5, 0.6) is 0 Å². The van der Waals surface area contributed by atoms with Crippen molar-refractivity contribution in [2.75, 3.05) is 11.9 Å². The maximum atomic E-state index is 12.4. The van der Waals surface area contributed by atoms with Gasteiger partial charge in [-0.1, -0.05) is 18.2 Å². The molecule has 4 rings (SSSR count). The lowest BCUT2D eigenvalue weighted by Gasteiger charge is -2.27. The minimum atomic E-state index is -1.64. The Hall–Kier alpha value is -2.85. The monoisotopic (exact) mass is 384 g/mol. The van der Waals surface area contributed by atoms with E-state index in [2.05, 4.69) is 15.3 Å². The Balaban J connectivity index is 1.69. The lowest BCUT2D eigenvalue weighted by atomic mass is 9.96. The summed E-state index contributed by atoms with van der Waals surface area (Å²) in [6, 6.07) is 10.4. The number of aromatic nitrogens is 3. The third-order valence-corrected chi connectivity index (χ3v) is 4.96. The molecular weight excluding hydrogens is 364 g/mol. The number of nitrogens with one attached hydrogen (secondary N) is 1. The maximum absolute atomic E-state index is 12.4. The zero-order chi connectivity index (χ0) is 19.9. The summed E-state index contributed by atoms with van der Waals surface area (Å²) in [5.74, 6) is 0.00253. The highest BCUT2D eigenvalue weighted by Gasteiger charge is 2.53. The molecule has 1 aliphatic heterocycles. The van der Waals surface area contributed by atoms with E-state index in [0.717, 1.165) is 0 Å². The van der Waals surface area contributed by atoms with Gasteiger partial charge in [0.2, 0.25) is 0 Å². The van der Waals surface area contributed by atoms with Crippen LogP contribution in [0.2, 0.25) is 0 Å². The van der Waals surface area contributed by atoms with Crippen LogP contribution in [0, 0.1) is 0 Å². The van der Waals surface area contributed by atoms with E-state index < -0.39 is 30.6 Å². The smallest absolute Gasteiger partial charge is 0.256 e. The Labute approximate surface area is 160 Å². The van der Waals surface area contributed by atoms with Gasteiger partial charge in [-0.15, -0.1) is 0 Å². The van der Waals surface area contributed by atoms with Gasteiger partial charge in [-0.3, -0.25) is 4.79 Å². The van der Waals surface area contributed by atoms with Crippen molar-refractivity contribution >= 4 is 22.8 Å². The molecule has 0 radical (unpaired) electrons. The molecule has 146 valence electrons. The minimum Gasteiger partial charge on any atom is -0.394 e. The number of fused-ring (bicyclic) bond motifs is 1. The summed E-state index contributed by atoms with van der Waals surface area (Å²) >= 11 is 0. The zero-order valence-corrected chi connectivity index (χ0v) is 15.1. The summed E-state index contributed by atoms with van der Waals surface area (Å²) in [6.45, 7) is 1.00. The highest BCUT2D eigenvalue weighted by Crippen LogP contribution is 2.40. The van der Waals surface area contributed by atoms with Crippen LogP contribution in [0.3, 0.4) is 0 Å². The lowest BCUT2D eigenvalue weighted by Crippen LogP contribution is -2.44. The van der Waals surface area contributed by atoms with Gasteiger partial charge < -0.3 is 29.9 Å². The topological polar surface area (TPSA) is 130 Å².